The Morgan fingerprint density at radius 3 is 2.25 bits per heavy atom. The van der Waals surface area contributed by atoms with E-state index < -0.39 is 7.82 Å². The molecule has 0 unspecified atom stereocenters. The molecule has 0 heterocycles. The van der Waals surface area contributed by atoms with Crippen LogP contribution in [0.2, 0.25) is 5.02 Å². The number of nitrogen functional groups attached to an aromatic ring is 1. The fourth-order valence-electron chi connectivity index (χ4n) is 0.764. The van der Waals surface area contributed by atoms with Gasteiger partial charge in [0.1, 0.15) is 5.75 Å². The topological polar surface area (TPSA) is 125 Å². The summed E-state index contributed by atoms with van der Waals surface area (Å²) in [4.78, 5) is 21.6. The SMILES string of the molecule is COc1cc(Cl)cc(NN)c1.O=P(O)(O)O. The molecule has 16 heavy (non-hydrogen) atoms. The van der Waals surface area contributed by atoms with Crippen molar-refractivity contribution in [2.45, 2.75) is 0 Å². The maximum atomic E-state index is 8.88. The Kier molecular flexibility index (Phi) is 6.35. The van der Waals surface area contributed by atoms with Crippen molar-refractivity contribution in [3.63, 3.8) is 0 Å². The molecule has 1 aromatic carbocycles. The van der Waals surface area contributed by atoms with Crippen molar-refractivity contribution in [1.29, 1.82) is 0 Å². The second-order valence-electron chi connectivity index (χ2n) is 2.54. The van der Waals surface area contributed by atoms with E-state index in [0.717, 1.165) is 5.69 Å². The predicted molar refractivity (Wildman–Crippen MR) is 60.1 cm³/mol. The van der Waals surface area contributed by atoms with Gasteiger partial charge >= 0.3 is 7.82 Å². The third kappa shape index (κ3) is 8.49. The molecule has 9 heteroatoms. The van der Waals surface area contributed by atoms with Gasteiger partial charge in [0.15, 0.2) is 0 Å². The number of nitrogens with two attached hydrogens (primary N) is 1. The summed E-state index contributed by atoms with van der Waals surface area (Å²) >= 11 is 5.73. The molecule has 0 saturated carbocycles. The van der Waals surface area contributed by atoms with Crippen LogP contribution < -0.4 is 16.0 Å². The summed E-state index contributed by atoms with van der Waals surface area (Å²) in [5, 5.41) is 0.595. The predicted octanol–water partition coefficient (Wildman–Crippen LogP) is 0.706. The largest absolute Gasteiger partial charge is 0.497 e. The zero-order chi connectivity index (χ0) is 12.8. The summed E-state index contributed by atoms with van der Waals surface area (Å²) in [6.07, 6.45) is 0. The Bertz CT molecular complexity index is 353. The fraction of sp³-hybridized carbons (Fsp3) is 0.143. The number of phosphoric acid groups is 1. The second-order valence-corrected chi connectivity index (χ2v) is 4.00. The maximum absolute atomic E-state index is 8.88. The van der Waals surface area contributed by atoms with Crippen LogP contribution in [-0.2, 0) is 4.57 Å². The van der Waals surface area contributed by atoms with Crippen molar-refractivity contribution in [3.05, 3.63) is 23.2 Å². The number of nitrogens with one attached hydrogen (secondary N) is 1. The summed E-state index contributed by atoms with van der Waals surface area (Å²) in [5.74, 6) is 5.86. The van der Waals surface area contributed by atoms with E-state index in [1.54, 1.807) is 25.3 Å². The summed E-state index contributed by atoms with van der Waals surface area (Å²) in [5.41, 5.74) is 3.21. The third-order valence-corrected chi connectivity index (χ3v) is 1.49. The molecular formula is C7H12ClN2O5P. The summed E-state index contributed by atoms with van der Waals surface area (Å²) in [7, 11) is -3.06. The van der Waals surface area contributed by atoms with Crippen molar-refractivity contribution in [2.75, 3.05) is 12.5 Å². The van der Waals surface area contributed by atoms with E-state index in [-0.39, 0.29) is 0 Å². The summed E-state index contributed by atoms with van der Waals surface area (Å²) < 4.78 is 13.8. The van der Waals surface area contributed by atoms with Gasteiger partial charge in [-0.25, -0.2) is 4.57 Å². The lowest BCUT2D eigenvalue weighted by Crippen LogP contribution is -2.06. The molecule has 6 N–H and O–H groups in total. The van der Waals surface area contributed by atoms with Crippen LogP contribution in [0.25, 0.3) is 0 Å². The lowest BCUT2D eigenvalue weighted by atomic mass is 10.3. The Hall–Kier alpha value is -0.820. The van der Waals surface area contributed by atoms with Crippen LogP contribution in [0.3, 0.4) is 0 Å². The standard InChI is InChI=1S/C7H9ClN2O.H3O4P/c1-11-7-3-5(8)2-6(4-7)10-9;1-5(2,3)4/h2-4,10H,9H2,1H3;(H3,1,2,3,4). The average Bonchev–Trinajstić information content (AvgIpc) is 2.14. The first kappa shape index (κ1) is 15.2. The minimum absolute atomic E-state index is 0.595. The first-order valence-electron chi connectivity index (χ1n) is 3.85. The van der Waals surface area contributed by atoms with Gasteiger partial charge < -0.3 is 24.8 Å². The van der Waals surface area contributed by atoms with Gasteiger partial charge in [0, 0.05) is 11.1 Å². The zero-order valence-electron chi connectivity index (χ0n) is 8.29. The molecule has 0 fully saturated rings. The lowest BCUT2D eigenvalue weighted by molar-refractivity contribution is 0.275. The quantitative estimate of drug-likeness (QED) is 0.304. The molecular weight excluding hydrogens is 259 g/mol. The van der Waals surface area contributed by atoms with E-state index in [4.69, 9.17) is 41.4 Å². The molecule has 0 atom stereocenters. The number of hydrogen-bond donors (Lipinski definition) is 5. The number of hydrazine groups is 1. The maximum Gasteiger partial charge on any atom is 0.466 e. The van der Waals surface area contributed by atoms with E-state index in [9.17, 15) is 0 Å². The van der Waals surface area contributed by atoms with Crippen LogP contribution in [0.1, 0.15) is 0 Å². The van der Waals surface area contributed by atoms with Gasteiger partial charge in [-0.15, -0.1) is 0 Å². The van der Waals surface area contributed by atoms with Gasteiger partial charge in [0.2, 0.25) is 0 Å². The Morgan fingerprint density at radius 2 is 1.88 bits per heavy atom. The molecule has 0 aliphatic rings. The Labute approximate surface area is 97.0 Å². The fourth-order valence-corrected chi connectivity index (χ4v) is 0.989. The molecule has 92 valence electrons. The number of rotatable bonds is 2. The highest BCUT2D eigenvalue weighted by atomic mass is 35.5. The van der Waals surface area contributed by atoms with Crippen LogP contribution in [-0.4, -0.2) is 21.8 Å². The number of halogens is 1. The number of methoxy groups -OCH3 is 1. The molecule has 0 aliphatic heterocycles. The molecule has 0 radical (unpaired) electrons. The Balaban J connectivity index is 0.000000385. The first-order chi connectivity index (χ1) is 7.26. The molecule has 0 aliphatic carbocycles. The van der Waals surface area contributed by atoms with Gasteiger partial charge in [0.25, 0.3) is 0 Å². The normalized spacial score (nSPS) is 10.1. The highest BCUT2D eigenvalue weighted by Gasteiger charge is 2.00. The van der Waals surface area contributed by atoms with E-state index in [0.29, 0.717) is 10.8 Å². The van der Waals surface area contributed by atoms with Gasteiger partial charge in [-0.3, -0.25) is 5.84 Å². The van der Waals surface area contributed by atoms with Crippen LogP contribution in [0.4, 0.5) is 5.69 Å². The monoisotopic (exact) mass is 270 g/mol. The smallest absolute Gasteiger partial charge is 0.466 e. The summed E-state index contributed by atoms with van der Waals surface area (Å²) in [6, 6.07) is 5.18. The van der Waals surface area contributed by atoms with Crippen molar-refractivity contribution in [1.82, 2.24) is 0 Å². The highest BCUT2D eigenvalue weighted by Crippen LogP contribution is 2.25. The molecule has 0 amide bonds. The number of hydrogen-bond acceptors (Lipinski definition) is 4. The van der Waals surface area contributed by atoms with Gasteiger partial charge in [-0.2, -0.15) is 0 Å². The minimum atomic E-state index is -4.64. The van der Waals surface area contributed by atoms with Crippen LogP contribution in [0.15, 0.2) is 18.2 Å². The molecule has 0 saturated heterocycles. The van der Waals surface area contributed by atoms with Crippen molar-refractivity contribution in [2.24, 2.45) is 5.84 Å². The van der Waals surface area contributed by atoms with Crippen LogP contribution in [0.5, 0.6) is 5.75 Å². The van der Waals surface area contributed by atoms with Crippen LogP contribution >= 0.6 is 19.4 Å². The van der Waals surface area contributed by atoms with E-state index in [2.05, 4.69) is 5.43 Å². The van der Waals surface area contributed by atoms with E-state index >= 15 is 0 Å². The van der Waals surface area contributed by atoms with Crippen molar-refractivity contribution >= 4 is 25.1 Å². The zero-order valence-corrected chi connectivity index (χ0v) is 9.94. The number of ether oxygens (including phenoxy) is 1. The van der Waals surface area contributed by atoms with Crippen LogP contribution in [0, 0.1) is 0 Å². The molecule has 7 nitrogen and oxygen atoms in total. The molecule has 0 bridgehead atoms. The van der Waals surface area contributed by atoms with Gasteiger partial charge in [-0.1, -0.05) is 11.6 Å². The third-order valence-electron chi connectivity index (χ3n) is 1.27. The van der Waals surface area contributed by atoms with Crippen molar-refractivity contribution < 1.29 is 24.0 Å². The van der Waals surface area contributed by atoms with E-state index in [1.165, 1.54) is 0 Å². The first-order valence-corrected chi connectivity index (χ1v) is 5.80. The second kappa shape index (κ2) is 6.70. The lowest BCUT2D eigenvalue weighted by Gasteiger charge is -2.03. The van der Waals surface area contributed by atoms with Crippen molar-refractivity contribution in [3.8, 4) is 5.75 Å². The number of benzene rings is 1. The Morgan fingerprint density at radius 1 is 1.38 bits per heavy atom. The minimum Gasteiger partial charge on any atom is -0.497 e. The molecule has 0 aromatic heterocycles. The van der Waals surface area contributed by atoms with E-state index in [1.807, 2.05) is 0 Å². The highest BCUT2D eigenvalue weighted by molar-refractivity contribution is 7.45. The molecule has 0 spiro atoms. The molecule has 1 rings (SSSR count). The molecule has 1 aromatic rings. The summed E-state index contributed by atoms with van der Waals surface area (Å²) in [6.45, 7) is 0. The van der Waals surface area contributed by atoms with Gasteiger partial charge in [-0.05, 0) is 12.1 Å². The number of anilines is 1. The average molecular weight is 271 g/mol. The van der Waals surface area contributed by atoms with Gasteiger partial charge in [0.05, 0.1) is 12.8 Å².